The highest BCUT2D eigenvalue weighted by molar-refractivity contribution is 5.79. The lowest BCUT2D eigenvalue weighted by Gasteiger charge is -2.45. The highest BCUT2D eigenvalue weighted by Gasteiger charge is 2.62. The van der Waals surface area contributed by atoms with Crippen LogP contribution in [-0.4, -0.2) is 12.1 Å². The first-order chi connectivity index (χ1) is 11.5. The van der Waals surface area contributed by atoms with Gasteiger partial charge >= 0.3 is 5.97 Å². The van der Waals surface area contributed by atoms with Crippen LogP contribution in [0.2, 0.25) is 0 Å². The zero-order valence-electron chi connectivity index (χ0n) is 15.7. The van der Waals surface area contributed by atoms with Gasteiger partial charge in [-0.05, 0) is 80.5 Å². The van der Waals surface area contributed by atoms with Crippen molar-refractivity contribution in [3.8, 4) is 0 Å². The third-order valence-corrected chi connectivity index (χ3v) is 8.04. The topological polar surface area (TPSA) is 26.3 Å². The molecule has 3 fully saturated rings. The summed E-state index contributed by atoms with van der Waals surface area (Å²) in [5, 5.41) is 0. The van der Waals surface area contributed by atoms with E-state index in [0.29, 0.717) is 29.6 Å². The molecule has 0 spiro atoms. The zero-order valence-corrected chi connectivity index (χ0v) is 15.7. The molecule has 4 aliphatic carbocycles. The first kappa shape index (κ1) is 16.7. The normalized spacial score (nSPS) is 47.0. The standard InChI is InChI=1S/C22H34O2/c1-14(2)18-10-7-15(3)12-20(18)24-21(23)22-11-5-4-6-19(22)16-8-9-17(22)13-16/h4-5,14-20H,6-13H2,1-3H3/t15-,16+,17-,18+,19+,20-,22-/m1/s1. The van der Waals surface area contributed by atoms with E-state index in [1.165, 1.54) is 32.1 Å². The third-order valence-electron chi connectivity index (χ3n) is 8.04. The summed E-state index contributed by atoms with van der Waals surface area (Å²) in [5.41, 5.74) is -0.167. The number of esters is 1. The van der Waals surface area contributed by atoms with Gasteiger partial charge in [0.25, 0.3) is 0 Å². The second kappa shape index (κ2) is 6.18. The number of carbonyl (C=O) groups is 1. The Labute approximate surface area is 147 Å². The summed E-state index contributed by atoms with van der Waals surface area (Å²) in [6, 6.07) is 0. The summed E-state index contributed by atoms with van der Waals surface area (Å²) < 4.78 is 6.36. The minimum atomic E-state index is -0.167. The van der Waals surface area contributed by atoms with E-state index < -0.39 is 0 Å². The summed E-state index contributed by atoms with van der Waals surface area (Å²) in [4.78, 5) is 13.5. The van der Waals surface area contributed by atoms with Crippen LogP contribution in [0, 0.1) is 40.9 Å². The van der Waals surface area contributed by atoms with Crippen molar-refractivity contribution in [2.45, 2.75) is 78.2 Å². The van der Waals surface area contributed by atoms with E-state index in [0.717, 1.165) is 25.2 Å². The van der Waals surface area contributed by atoms with Gasteiger partial charge in [0.15, 0.2) is 0 Å². The van der Waals surface area contributed by atoms with Crippen LogP contribution in [-0.2, 0) is 9.53 Å². The second-order valence-corrected chi connectivity index (χ2v) is 9.60. The largest absolute Gasteiger partial charge is 0.462 e. The van der Waals surface area contributed by atoms with Crippen LogP contribution < -0.4 is 0 Å². The van der Waals surface area contributed by atoms with Crippen molar-refractivity contribution in [2.24, 2.45) is 40.9 Å². The molecule has 24 heavy (non-hydrogen) atoms. The van der Waals surface area contributed by atoms with Crippen molar-refractivity contribution in [3.63, 3.8) is 0 Å². The fourth-order valence-corrected chi connectivity index (χ4v) is 6.71. The minimum absolute atomic E-state index is 0.154. The van der Waals surface area contributed by atoms with E-state index in [2.05, 4.69) is 32.9 Å². The molecular formula is C22H34O2. The van der Waals surface area contributed by atoms with Crippen LogP contribution in [0.3, 0.4) is 0 Å². The quantitative estimate of drug-likeness (QED) is 0.513. The van der Waals surface area contributed by atoms with E-state index in [1.54, 1.807) is 0 Å². The summed E-state index contributed by atoms with van der Waals surface area (Å²) in [5.74, 6) is 3.95. The van der Waals surface area contributed by atoms with Crippen molar-refractivity contribution in [1.82, 2.24) is 0 Å². The van der Waals surface area contributed by atoms with Crippen LogP contribution in [0.5, 0.6) is 0 Å². The summed E-state index contributed by atoms with van der Waals surface area (Å²) in [7, 11) is 0. The van der Waals surface area contributed by atoms with Crippen LogP contribution >= 0.6 is 0 Å². The van der Waals surface area contributed by atoms with Crippen molar-refractivity contribution in [2.75, 3.05) is 0 Å². The van der Waals surface area contributed by atoms with E-state index in [4.69, 9.17) is 4.74 Å². The molecule has 134 valence electrons. The van der Waals surface area contributed by atoms with Crippen molar-refractivity contribution in [3.05, 3.63) is 12.2 Å². The highest BCUT2D eigenvalue weighted by Crippen LogP contribution is 2.64. The van der Waals surface area contributed by atoms with Gasteiger partial charge in [-0.25, -0.2) is 0 Å². The molecule has 4 rings (SSSR count). The number of hydrogen-bond acceptors (Lipinski definition) is 2. The van der Waals surface area contributed by atoms with E-state index in [1.807, 2.05) is 0 Å². The Hall–Kier alpha value is -0.790. The van der Waals surface area contributed by atoms with Gasteiger partial charge in [-0.1, -0.05) is 39.3 Å². The highest BCUT2D eigenvalue weighted by atomic mass is 16.5. The molecule has 0 saturated heterocycles. The molecule has 0 aliphatic heterocycles. The molecule has 2 bridgehead atoms. The molecule has 0 N–H and O–H groups in total. The maximum absolute atomic E-state index is 13.5. The first-order valence-electron chi connectivity index (χ1n) is 10.4. The van der Waals surface area contributed by atoms with Gasteiger partial charge in [-0.15, -0.1) is 0 Å². The van der Waals surface area contributed by atoms with E-state index in [9.17, 15) is 4.79 Å². The molecule has 0 unspecified atom stereocenters. The monoisotopic (exact) mass is 330 g/mol. The molecule has 0 amide bonds. The Kier molecular flexibility index (Phi) is 4.29. The fourth-order valence-electron chi connectivity index (χ4n) is 6.71. The number of ether oxygens (including phenoxy) is 1. The Morgan fingerprint density at radius 1 is 1.12 bits per heavy atom. The van der Waals surface area contributed by atoms with Crippen molar-refractivity contribution >= 4 is 5.97 Å². The van der Waals surface area contributed by atoms with Gasteiger partial charge in [-0.2, -0.15) is 0 Å². The molecule has 0 heterocycles. The lowest BCUT2D eigenvalue weighted by molar-refractivity contribution is -0.176. The average Bonchev–Trinajstić information content (AvgIpc) is 3.16. The molecule has 7 atom stereocenters. The lowest BCUT2D eigenvalue weighted by Crippen LogP contribution is -2.48. The Morgan fingerprint density at radius 3 is 2.75 bits per heavy atom. The molecule has 4 aliphatic rings. The van der Waals surface area contributed by atoms with Crippen LogP contribution in [0.4, 0.5) is 0 Å². The number of carbonyl (C=O) groups excluding carboxylic acids is 1. The van der Waals surface area contributed by atoms with E-state index in [-0.39, 0.29) is 17.5 Å². The zero-order chi connectivity index (χ0) is 16.9. The van der Waals surface area contributed by atoms with Gasteiger partial charge in [-0.3, -0.25) is 4.79 Å². The Bertz CT molecular complexity index is 522. The van der Waals surface area contributed by atoms with E-state index >= 15 is 0 Å². The first-order valence-corrected chi connectivity index (χ1v) is 10.4. The molecule has 0 aromatic carbocycles. The van der Waals surface area contributed by atoms with Gasteiger partial charge in [0.2, 0.25) is 0 Å². The SMILES string of the molecule is CC(C)[C@@H]1CC[C@@H](C)C[C@H]1OC(=O)[C@@]12CC=CC[C@H]1[C@H]1CC[C@@H]2C1. The average molecular weight is 331 g/mol. The van der Waals surface area contributed by atoms with Crippen molar-refractivity contribution in [1.29, 1.82) is 0 Å². The Morgan fingerprint density at radius 2 is 1.96 bits per heavy atom. The van der Waals surface area contributed by atoms with Gasteiger partial charge in [0, 0.05) is 0 Å². The lowest BCUT2D eigenvalue weighted by atomic mass is 9.61. The Balaban J connectivity index is 1.55. The number of hydrogen-bond donors (Lipinski definition) is 0. The second-order valence-electron chi connectivity index (χ2n) is 9.60. The number of allylic oxidation sites excluding steroid dienone is 2. The summed E-state index contributed by atoms with van der Waals surface area (Å²) in [6.07, 6.45) is 14.2. The van der Waals surface area contributed by atoms with Gasteiger partial charge < -0.3 is 4.74 Å². The molecule has 0 aromatic rings. The van der Waals surface area contributed by atoms with Crippen LogP contribution in [0.1, 0.15) is 72.1 Å². The minimum Gasteiger partial charge on any atom is -0.462 e. The fraction of sp³-hybridized carbons (Fsp3) is 0.864. The van der Waals surface area contributed by atoms with Crippen LogP contribution in [0.25, 0.3) is 0 Å². The molecule has 2 heteroatoms. The third kappa shape index (κ3) is 2.47. The molecule has 2 nitrogen and oxygen atoms in total. The van der Waals surface area contributed by atoms with Crippen LogP contribution in [0.15, 0.2) is 12.2 Å². The predicted molar refractivity (Wildman–Crippen MR) is 96.4 cm³/mol. The molecular weight excluding hydrogens is 296 g/mol. The van der Waals surface area contributed by atoms with Gasteiger partial charge in [0.1, 0.15) is 6.10 Å². The summed E-state index contributed by atoms with van der Waals surface area (Å²) in [6.45, 7) is 6.91. The number of rotatable bonds is 3. The predicted octanol–water partition coefficient (Wildman–Crippen LogP) is 5.37. The maximum Gasteiger partial charge on any atom is 0.313 e. The number of fused-ring (bicyclic) bond motifs is 5. The maximum atomic E-state index is 13.5. The molecule has 0 radical (unpaired) electrons. The summed E-state index contributed by atoms with van der Waals surface area (Å²) >= 11 is 0. The molecule has 3 saturated carbocycles. The smallest absolute Gasteiger partial charge is 0.313 e. The van der Waals surface area contributed by atoms with Gasteiger partial charge in [0.05, 0.1) is 5.41 Å². The van der Waals surface area contributed by atoms with Crippen molar-refractivity contribution < 1.29 is 9.53 Å². The molecule has 0 aromatic heterocycles.